The van der Waals surface area contributed by atoms with E-state index < -0.39 is 0 Å². The van der Waals surface area contributed by atoms with Crippen molar-refractivity contribution in [2.75, 3.05) is 11.1 Å². The van der Waals surface area contributed by atoms with Crippen molar-refractivity contribution in [2.45, 2.75) is 37.6 Å². The number of anilines is 1. The van der Waals surface area contributed by atoms with Gasteiger partial charge in [-0.3, -0.25) is 14.7 Å². The number of thioether (sulfide) groups is 1. The summed E-state index contributed by atoms with van der Waals surface area (Å²) in [5, 5.41) is 9.44. The van der Waals surface area contributed by atoms with E-state index in [9.17, 15) is 9.59 Å². The third-order valence-electron chi connectivity index (χ3n) is 3.82. The molecule has 6 nitrogen and oxygen atoms in total. The van der Waals surface area contributed by atoms with Crippen LogP contribution in [0.2, 0.25) is 0 Å². The lowest BCUT2D eigenvalue weighted by atomic mass is 10.2. The van der Waals surface area contributed by atoms with Crippen molar-refractivity contribution < 1.29 is 9.59 Å². The Morgan fingerprint density at radius 2 is 2.47 bits per heavy atom. The van der Waals surface area contributed by atoms with Gasteiger partial charge in [-0.25, -0.2) is 0 Å². The summed E-state index contributed by atoms with van der Waals surface area (Å²) in [6.07, 6.45) is 3.02. The molecular weight excluding hydrogens is 264 g/mol. The minimum Gasteiger partial charge on any atom is -0.315 e. The predicted octanol–water partition coefficient (Wildman–Crippen LogP) is 1.11. The summed E-state index contributed by atoms with van der Waals surface area (Å²) in [6.45, 7) is 3.91. The number of nitrogens with one attached hydrogen (secondary N) is 2. The normalized spacial score (nSPS) is 29.7. The van der Waals surface area contributed by atoms with Crippen LogP contribution in [-0.4, -0.2) is 43.6 Å². The van der Waals surface area contributed by atoms with Crippen LogP contribution in [0.1, 0.15) is 25.3 Å². The molecule has 2 amide bonds. The van der Waals surface area contributed by atoms with Crippen molar-refractivity contribution >= 4 is 29.4 Å². The number of aromatic amines is 1. The second kappa shape index (κ2) is 4.26. The van der Waals surface area contributed by atoms with Crippen LogP contribution >= 0.6 is 11.8 Å². The first-order valence-corrected chi connectivity index (χ1v) is 7.27. The van der Waals surface area contributed by atoms with Crippen molar-refractivity contribution in [1.29, 1.82) is 0 Å². The number of amides is 2. The Morgan fingerprint density at radius 3 is 3.16 bits per heavy atom. The van der Waals surface area contributed by atoms with Gasteiger partial charge in [0.2, 0.25) is 11.8 Å². The van der Waals surface area contributed by atoms with Crippen LogP contribution in [0.5, 0.6) is 0 Å². The summed E-state index contributed by atoms with van der Waals surface area (Å²) in [7, 11) is 0. The van der Waals surface area contributed by atoms with Crippen molar-refractivity contribution in [2.24, 2.45) is 0 Å². The highest BCUT2D eigenvalue weighted by Gasteiger charge is 2.52. The minimum absolute atomic E-state index is 0.0778. The predicted molar refractivity (Wildman–Crippen MR) is 72.7 cm³/mol. The first-order valence-electron chi connectivity index (χ1n) is 6.28. The van der Waals surface area contributed by atoms with Gasteiger partial charge in [-0.2, -0.15) is 5.10 Å². The van der Waals surface area contributed by atoms with Gasteiger partial charge in [0, 0.05) is 17.7 Å². The molecule has 2 N–H and O–H groups in total. The standard InChI is InChI=1S/C12H16N4O2S/c1-7-5-13-15-10(7)14-11(18)8-6-19-12(2)4-3-9(17)16(8)12/h5,8H,3-4,6H2,1-2H3,(H2,13,14,15,18). The Hall–Kier alpha value is -1.50. The van der Waals surface area contributed by atoms with Crippen LogP contribution in [-0.2, 0) is 9.59 Å². The number of carbonyl (C=O) groups excluding carboxylic acids is 2. The monoisotopic (exact) mass is 280 g/mol. The maximum atomic E-state index is 12.3. The van der Waals surface area contributed by atoms with E-state index in [0.717, 1.165) is 12.0 Å². The van der Waals surface area contributed by atoms with Gasteiger partial charge in [0.15, 0.2) is 0 Å². The van der Waals surface area contributed by atoms with Crippen LogP contribution in [0.25, 0.3) is 0 Å². The Bertz CT molecular complexity index is 544. The van der Waals surface area contributed by atoms with Gasteiger partial charge in [-0.1, -0.05) is 0 Å². The number of carbonyl (C=O) groups is 2. The molecule has 1 aromatic rings. The zero-order valence-corrected chi connectivity index (χ0v) is 11.7. The third kappa shape index (κ3) is 1.92. The molecular formula is C12H16N4O2S. The molecule has 0 aliphatic carbocycles. The van der Waals surface area contributed by atoms with E-state index >= 15 is 0 Å². The zero-order valence-electron chi connectivity index (χ0n) is 10.9. The van der Waals surface area contributed by atoms with Crippen molar-refractivity contribution in [3.63, 3.8) is 0 Å². The van der Waals surface area contributed by atoms with E-state index in [1.54, 1.807) is 22.9 Å². The Morgan fingerprint density at radius 1 is 1.68 bits per heavy atom. The molecule has 7 heteroatoms. The number of hydrogen-bond acceptors (Lipinski definition) is 4. The van der Waals surface area contributed by atoms with Crippen LogP contribution in [0.3, 0.4) is 0 Å². The molecule has 2 aliphatic rings. The van der Waals surface area contributed by atoms with Crippen LogP contribution in [0.4, 0.5) is 5.82 Å². The lowest BCUT2D eigenvalue weighted by Crippen LogP contribution is -2.48. The highest BCUT2D eigenvalue weighted by atomic mass is 32.2. The lowest BCUT2D eigenvalue weighted by Gasteiger charge is -2.29. The van der Waals surface area contributed by atoms with Crippen LogP contribution < -0.4 is 5.32 Å². The summed E-state index contributed by atoms with van der Waals surface area (Å²) in [4.78, 5) is 25.8. The number of aromatic nitrogens is 2. The molecule has 2 saturated heterocycles. The number of aryl methyl sites for hydroxylation is 1. The van der Waals surface area contributed by atoms with Gasteiger partial charge >= 0.3 is 0 Å². The molecule has 3 heterocycles. The quantitative estimate of drug-likeness (QED) is 0.850. The van der Waals surface area contributed by atoms with E-state index in [4.69, 9.17) is 0 Å². The van der Waals surface area contributed by atoms with Crippen LogP contribution in [0.15, 0.2) is 6.20 Å². The van der Waals surface area contributed by atoms with Crippen molar-refractivity contribution in [1.82, 2.24) is 15.1 Å². The molecule has 2 atom stereocenters. The number of fused-ring (bicyclic) bond motifs is 1. The van der Waals surface area contributed by atoms with Gasteiger partial charge in [0.1, 0.15) is 11.9 Å². The van der Waals surface area contributed by atoms with Gasteiger partial charge < -0.3 is 10.2 Å². The topological polar surface area (TPSA) is 78.1 Å². The largest absolute Gasteiger partial charge is 0.315 e. The maximum absolute atomic E-state index is 12.3. The molecule has 2 aliphatic heterocycles. The highest BCUT2D eigenvalue weighted by molar-refractivity contribution is 8.01. The molecule has 102 valence electrons. The first-order chi connectivity index (χ1) is 9.01. The van der Waals surface area contributed by atoms with E-state index in [2.05, 4.69) is 15.5 Å². The summed E-state index contributed by atoms with van der Waals surface area (Å²) < 4.78 is 0. The molecule has 0 radical (unpaired) electrons. The second-order valence-corrected chi connectivity index (χ2v) is 6.68. The summed E-state index contributed by atoms with van der Waals surface area (Å²) in [5.41, 5.74) is 0.884. The van der Waals surface area contributed by atoms with E-state index in [-0.39, 0.29) is 22.7 Å². The average molecular weight is 280 g/mol. The Labute approximate surface area is 115 Å². The van der Waals surface area contributed by atoms with Gasteiger partial charge in [-0.05, 0) is 20.3 Å². The lowest BCUT2D eigenvalue weighted by molar-refractivity contribution is -0.135. The second-order valence-electron chi connectivity index (χ2n) is 5.18. The Kier molecular flexibility index (Phi) is 2.81. The molecule has 0 aromatic carbocycles. The number of rotatable bonds is 2. The number of H-pyrrole nitrogens is 1. The Balaban J connectivity index is 1.78. The number of hydrogen-bond donors (Lipinski definition) is 2. The summed E-state index contributed by atoms with van der Waals surface area (Å²) >= 11 is 1.69. The van der Waals surface area contributed by atoms with Crippen molar-refractivity contribution in [3.8, 4) is 0 Å². The fraction of sp³-hybridized carbons (Fsp3) is 0.583. The van der Waals surface area contributed by atoms with Crippen LogP contribution in [0, 0.1) is 6.92 Å². The SMILES string of the molecule is Cc1cn[nH]c1NC(=O)C1CSC2(C)CCC(=O)N12. The molecule has 19 heavy (non-hydrogen) atoms. The fourth-order valence-electron chi connectivity index (χ4n) is 2.69. The molecule has 0 bridgehead atoms. The van der Waals surface area contributed by atoms with E-state index in [1.165, 1.54) is 0 Å². The third-order valence-corrected chi connectivity index (χ3v) is 5.33. The molecule has 1 aromatic heterocycles. The fourth-order valence-corrected chi connectivity index (χ4v) is 4.13. The summed E-state index contributed by atoms with van der Waals surface area (Å²) in [6, 6.07) is -0.382. The summed E-state index contributed by atoms with van der Waals surface area (Å²) in [5.74, 6) is 1.20. The molecule has 0 spiro atoms. The van der Waals surface area contributed by atoms with Gasteiger partial charge in [0.25, 0.3) is 0 Å². The van der Waals surface area contributed by atoms with Gasteiger partial charge in [-0.15, -0.1) is 11.8 Å². The van der Waals surface area contributed by atoms with Gasteiger partial charge in [0.05, 0.1) is 11.1 Å². The minimum atomic E-state index is -0.382. The maximum Gasteiger partial charge on any atom is 0.249 e. The molecule has 2 unspecified atom stereocenters. The highest BCUT2D eigenvalue weighted by Crippen LogP contribution is 2.47. The number of nitrogens with zero attached hydrogens (tertiary/aromatic N) is 2. The van der Waals surface area contributed by atoms with E-state index in [0.29, 0.717) is 18.0 Å². The van der Waals surface area contributed by atoms with Crippen molar-refractivity contribution in [3.05, 3.63) is 11.8 Å². The molecule has 0 saturated carbocycles. The smallest absolute Gasteiger partial charge is 0.249 e. The zero-order chi connectivity index (χ0) is 13.6. The molecule has 2 fully saturated rings. The molecule has 3 rings (SSSR count). The average Bonchev–Trinajstić information content (AvgIpc) is 2.98. The van der Waals surface area contributed by atoms with E-state index in [1.807, 2.05) is 13.8 Å². The first kappa shape index (κ1) is 12.5.